The van der Waals surface area contributed by atoms with Crippen molar-refractivity contribution in [3.63, 3.8) is 0 Å². The molecule has 0 aliphatic carbocycles. The predicted molar refractivity (Wildman–Crippen MR) is 93.7 cm³/mol. The minimum atomic E-state index is -0.975. The Morgan fingerprint density at radius 3 is 2.38 bits per heavy atom. The zero-order chi connectivity index (χ0) is 17.9. The number of para-hydroxylation sites is 1. The summed E-state index contributed by atoms with van der Waals surface area (Å²) in [6.07, 6.45) is -0.975. The van der Waals surface area contributed by atoms with E-state index < -0.39 is 18.0 Å². The highest BCUT2D eigenvalue weighted by Crippen LogP contribution is 2.22. The van der Waals surface area contributed by atoms with E-state index in [9.17, 15) is 14.4 Å². The molecule has 0 saturated heterocycles. The first-order valence-electron chi connectivity index (χ1n) is 7.48. The lowest BCUT2D eigenvalue weighted by Gasteiger charge is -2.15. The monoisotopic (exact) mass is 345 g/mol. The number of anilines is 1. The van der Waals surface area contributed by atoms with Crippen molar-refractivity contribution >= 4 is 34.7 Å². The standard InChI is InChI=1S/C18H19NO4S/c1-10-9-15(13(4)24-10)18(22)23-12(3)17(21)19-16-8-6-5-7-14(16)11(2)20/h5-9,12H,1-4H3,(H,19,21)/t12-/m0/s1. The number of rotatable bonds is 5. The van der Waals surface area contributed by atoms with Gasteiger partial charge in [0.2, 0.25) is 0 Å². The molecule has 0 saturated carbocycles. The average molecular weight is 345 g/mol. The molecular formula is C18H19NO4S. The molecule has 5 nitrogen and oxygen atoms in total. The second kappa shape index (κ2) is 7.40. The topological polar surface area (TPSA) is 72.5 Å². The van der Waals surface area contributed by atoms with Crippen LogP contribution < -0.4 is 5.32 Å². The van der Waals surface area contributed by atoms with Gasteiger partial charge in [-0.15, -0.1) is 11.3 Å². The first-order valence-corrected chi connectivity index (χ1v) is 8.30. The summed E-state index contributed by atoms with van der Waals surface area (Å²) in [7, 11) is 0. The molecule has 0 spiro atoms. The molecule has 1 aromatic heterocycles. The van der Waals surface area contributed by atoms with E-state index in [2.05, 4.69) is 5.32 Å². The van der Waals surface area contributed by atoms with Gasteiger partial charge in [0.25, 0.3) is 5.91 Å². The largest absolute Gasteiger partial charge is 0.449 e. The summed E-state index contributed by atoms with van der Waals surface area (Å²) < 4.78 is 5.24. The van der Waals surface area contributed by atoms with E-state index in [-0.39, 0.29) is 5.78 Å². The van der Waals surface area contributed by atoms with Gasteiger partial charge in [-0.05, 0) is 45.9 Å². The van der Waals surface area contributed by atoms with Gasteiger partial charge in [-0.1, -0.05) is 12.1 Å². The van der Waals surface area contributed by atoms with E-state index in [4.69, 9.17) is 4.74 Å². The number of esters is 1. The molecule has 126 valence electrons. The van der Waals surface area contributed by atoms with Crippen LogP contribution >= 0.6 is 11.3 Å². The molecule has 0 fully saturated rings. The number of Topliss-reactive ketones (excluding diaryl/α,β-unsaturated/α-hetero) is 1. The number of amides is 1. The molecule has 0 aliphatic heterocycles. The Balaban J connectivity index is 2.06. The van der Waals surface area contributed by atoms with Crippen molar-refractivity contribution < 1.29 is 19.1 Å². The number of benzene rings is 1. The van der Waals surface area contributed by atoms with Gasteiger partial charge in [0.1, 0.15) is 0 Å². The van der Waals surface area contributed by atoms with Gasteiger partial charge in [0, 0.05) is 15.3 Å². The average Bonchev–Trinajstić information content (AvgIpc) is 2.86. The Hall–Kier alpha value is -2.47. The van der Waals surface area contributed by atoms with E-state index >= 15 is 0 Å². The van der Waals surface area contributed by atoms with Crippen molar-refractivity contribution in [1.82, 2.24) is 0 Å². The quantitative estimate of drug-likeness (QED) is 0.662. The normalized spacial score (nSPS) is 11.7. The first-order chi connectivity index (χ1) is 11.3. The lowest BCUT2D eigenvalue weighted by atomic mass is 10.1. The van der Waals surface area contributed by atoms with Gasteiger partial charge in [-0.2, -0.15) is 0 Å². The molecule has 1 amide bonds. The SMILES string of the molecule is CC(=O)c1ccccc1NC(=O)[C@H](C)OC(=O)c1cc(C)sc1C. The summed E-state index contributed by atoms with van der Waals surface area (Å²) in [6.45, 7) is 6.67. The van der Waals surface area contributed by atoms with Crippen LogP contribution in [0, 0.1) is 13.8 Å². The predicted octanol–water partition coefficient (Wildman–Crippen LogP) is 3.75. The summed E-state index contributed by atoms with van der Waals surface area (Å²) in [5.74, 6) is -1.17. The van der Waals surface area contributed by atoms with Crippen LogP contribution in [0.3, 0.4) is 0 Å². The molecule has 1 N–H and O–H groups in total. The number of thiophene rings is 1. The second-order valence-electron chi connectivity index (χ2n) is 5.47. The zero-order valence-corrected chi connectivity index (χ0v) is 14.8. The van der Waals surface area contributed by atoms with E-state index in [1.165, 1.54) is 25.2 Å². The van der Waals surface area contributed by atoms with Crippen LogP contribution in [0.15, 0.2) is 30.3 Å². The molecule has 24 heavy (non-hydrogen) atoms. The van der Waals surface area contributed by atoms with Crippen molar-refractivity contribution in [3.8, 4) is 0 Å². The summed E-state index contributed by atoms with van der Waals surface area (Å²) in [4.78, 5) is 37.9. The van der Waals surface area contributed by atoms with Gasteiger partial charge in [-0.25, -0.2) is 4.79 Å². The number of ketones is 1. The highest BCUT2D eigenvalue weighted by molar-refractivity contribution is 7.12. The van der Waals surface area contributed by atoms with Gasteiger partial charge < -0.3 is 10.1 Å². The van der Waals surface area contributed by atoms with Crippen molar-refractivity contribution in [3.05, 3.63) is 51.2 Å². The Bertz CT molecular complexity index is 794. The molecule has 2 rings (SSSR count). The number of carbonyl (C=O) groups is 3. The number of hydrogen-bond donors (Lipinski definition) is 1. The highest BCUT2D eigenvalue weighted by atomic mass is 32.1. The minimum absolute atomic E-state index is 0.153. The van der Waals surface area contributed by atoms with Crippen LogP contribution in [0.5, 0.6) is 0 Å². The van der Waals surface area contributed by atoms with Crippen LogP contribution in [0.4, 0.5) is 5.69 Å². The minimum Gasteiger partial charge on any atom is -0.449 e. The maximum atomic E-state index is 12.2. The number of hydrogen-bond acceptors (Lipinski definition) is 5. The summed E-state index contributed by atoms with van der Waals surface area (Å²) in [5.41, 5.74) is 1.29. The van der Waals surface area contributed by atoms with Crippen LogP contribution in [0.1, 0.15) is 44.3 Å². The number of ether oxygens (including phenoxy) is 1. The molecule has 0 bridgehead atoms. The Labute approximate surface area is 144 Å². The fourth-order valence-electron chi connectivity index (χ4n) is 2.24. The smallest absolute Gasteiger partial charge is 0.340 e. The Kier molecular flexibility index (Phi) is 5.51. The Morgan fingerprint density at radius 1 is 1.12 bits per heavy atom. The van der Waals surface area contributed by atoms with Crippen LogP contribution in [-0.4, -0.2) is 23.8 Å². The molecule has 1 heterocycles. The fraction of sp³-hybridized carbons (Fsp3) is 0.278. The fourth-order valence-corrected chi connectivity index (χ4v) is 3.16. The molecule has 2 aromatic rings. The van der Waals surface area contributed by atoms with Crippen molar-refractivity contribution in [2.24, 2.45) is 0 Å². The van der Waals surface area contributed by atoms with Crippen LogP contribution in [0.25, 0.3) is 0 Å². The molecule has 6 heteroatoms. The van der Waals surface area contributed by atoms with Crippen molar-refractivity contribution in [1.29, 1.82) is 0 Å². The van der Waals surface area contributed by atoms with Crippen molar-refractivity contribution in [2.75, 3.05) is 5.32 Å². The number of aryl methyl sites for hydroxylation is 2. The Morgan fingerprint density at radius 2 is 1.79 bits per heavy atom. The van der Waals surface area contributed by atoms with E-state index in [0.29, 0.717) is 16.8 Å². The van der Waals surface area contributed by atoms with Gasteiger partial charge in [-0.3, -0.25) is 9.59 Å². The molecule has 0 unspecified atom stereocenters. The third-order valence-electron chi connectivity index (χ3n) is 3.48. The number of nitrogens with one attached hydrogen (secondary N) is 1. The molecular weight excluding hydrogens is 326 g/mol. The maximum absolute atomic E-state index is 12.2. The second-order valence-corrected chi connectivity index (χ2v) is 6.93. The molecule has 0 radical (unpaired) electrons. The third kappa shape index (κ3) is 4.08. The molecule has 0 aliphatic rings. The van der Waals surface area contributed by atoms with Crippen molar-refractivity contribution in [2.45, 2.75) is 33.8 Å². The van der Waals surface area contributed by atoms with E-state index in [0.717, 1.165) is 9.75 Å². The van der Waals surface area contributed by atoms with Gasteiger partial charge in [0.05, 0.1) is 11.3 Å². The maximum Gasteiger partial charge on any atom is 0.340 e. The summed E-state index contributed by atoms with van der Waals surface area (Å²) >= 11 is 1.50. The lowest BCUT2D eigenvalue weighted by molar-refractivity contribution is -0.123. The summed E-state index contributed by atoms with van der Waals surface area (Å²) in [6, 6.07) is 8.45. The first kappa shape index (κ1) is 17.9. The van der Waals surface area contributed by atoms with Gasteiger partial charge >= 0.3 is 5.97 Å². The number of carbonyl (C=O) groups excluding carboxylic acids is 3. The summed E-state index contributed by atoms with van der Waals surface area (Å²) in [5, 5.41) is 2.63. The lowest BCUT2D eigenvalue weighted by Crippen LogP contribution is -2.30. The molecule has 1 aromatic carbocycles. The zero-order valence-electron chi connectivity index (χ0n) is 14.0. The third-order valence-corrected chi connectivity index (χ3v) is 4.44. The van der Waals surface area contributed by atoms with Gasteiger partial charge in [0.15, 0.2) is 11.9 Å². The van der Waals surface area contributed by atoms with Crippen LogP contribution in [0.2, 0.25) is 0 Å². The van der Waals surface area contributed by atoms with E-state index in [1.807, 2.05) is 13.8 Å². The highest BCUT2D eigenvalue weighted by Gasteiger charge is 2.22. The van der Waals surface area contributed by atoms with Crippen LogP contribution in [-0.2, 0) is 9.53 Å². The van der Waals surface area contributed by atoms with E-state index in [1.54, 1.807) is 30.3 Å². The molecule has 1 atom stereocenters.